The van der Waals surface area contributed by atoms with E-state index < -0.39 is 5.60 Å². The minimum atomic E-state index is -1.13. The number of rotatable bonds is 0. The molecule has 4 heteroatoms. The highest BCUT2D eigenvalue weighted by Gasteiger charge is 2.64. The summed E-state index contributed by atoms with van der Waals surface area (Å²) in [6, 6.07) is 2.28. The highest BCUT2D eigenvalue weighted by molar-refractivity contribution is 5.28. The van der Waals surface area contributed by atoms with Crippen LogP contribution in [0.25, 0.3) is 0 Å². The molecule has 1 aliphatic heterocycles. The zero-order chi connectivity index (χ0) is 18.2. The molecule has 4 nitrogen and oxygen atoms in total. The third-order valence-corrected chi connectivity index (χ3v) is 9.26. The summed E-state index contributed by atoms with van der Waals surface area (Å²) in [5, 5.41) is 20.6. The molecular weight excluding hydrogens is 326 g/mol. The van der Waals surface area contributed by atoms with Gasteiger partial charge in [0.25, 0.3) is 0 Å². The van der Waals surface area contributed by atoms with Crippen LogP contribution in [0.1, 0.15) is 65.2 Å². The number of hydrogen-bond acceptors (Lipinski definition) is 4. The molecule has 0 aromatic heterocycles. The molecule has 0 aromatic rings. The van der Waals surface area contributed by atoms with E-state index in [0.717, 1.165) is 58.2 Å². The van der Waals surface area contributed by atoms with E-state index in [9.17, 15) is 10.4 Å². The van der Waals surface area contributed by atoms with E-state index in [-0.39, 0.29) is 16.6 Å². The lowest BCUT2D eigenvalue weighted by Crippen LogP contribution is -2.55. The van der Waals surface area contributed by atoms with Gasteiger partial charge in [-0.1, -0.05) is 25.5 Å². The zero-order valence-corrected chi connectivity index (χ0v) is 16.1. The van der Waals surface area contributed by atoms with Crippen LogP contribution in [0.15, 0.2) is 11.6 Å². The van der Waals surface area contributed by atoms with Gasteiger partial charge >= 0.3 is 0 Å². The van der Waals surface area contributed by atoms with Crippen LogP contribution in [0.5, 0.6) is 0 Å². The number of aliphatic hydroxyl groups is 1. The van der Waals surface area contributed by atoms with Gasteiger partial charge in [0, 0.05) is 18.3 Å². The van der Waals surface area contributed by atoms with Gasteiger partial charge in [-0.3, -0.25) is 0 Å². The lowest BCUT2D eigenvalue weighted by molar-refractivity contribution is -0.186. The molecule has 0 bridgehead atoms. The van der Waals surface area contributed by atoms with Crippen molar-refractivity contribution in [3.8, 4) is 6.07 Å². The molecule has 0 radical (unpaired) electrons. The van der Waals surface area contributed by atoms with E-state index in [4.69, 9.17) is 9.47 Å². The molecule has 4 fully saturated rings. The van der Waals surface area contributed by atoms with Gasteiger partial charge in [-0.05, 0) is 61.7 Å². The molecule has 4 aliphatic carbocycles. The Morgan fingerprint density at radius 3 is 2.54 bits per heavy atom. The van der Waals surface area contributed by atoms with Crippen LogP contribution < -0.4 is 0 Å². The molecule has 0 amide bonds. The van der Waals surface area contributed by atoms with Gasteiger partial charge in [0.1, 0.15) is 0 Å². The molecule has 142 valence electrons. The van der Waals surface area contributed by atoms with Gasteiger partial charge < -0.3 is 14.6 Å². The Morgan fingerprint density at radius 1 is 1.08 bits per heavy atom. The largest absolute Gasteiger partial charge is 0.375 e. The monoisotopic (exact) mass is 357 g/mol. The molecule has 6 atom stereocenters. The number of ether oxygens (including phenoxy) is 2. The molecule has 5 rings (SSSR count). The maximum atomic E-state index is 11.0. The highest BCUT2D eigenvalue weighted by atomic mass is 16.7. The molecule has 1 N–H and O–H groups in total. The Balaban J connectivity index is 1.47. The first-order valence-electron chi connectivity index (χ1n) is 10.5. The van der Waals surface area contributed by atoms with Crippen molar-refractivity contribution in [3.05, 3.63) is 11.6 Å². The minimum Gasteiger partial charge on any atom is -0.375 e. The van der Waals surface area contributed by atoms with Crippen LogP contribution >= 0.6 is 0 Å². The average molecular weight is 357 g/mol. The van der Waals surface area contributed by atoms with Crippen molar-refractivity contribution in [2.45, 2.75) is 76.6 Å². The predicted octanol–water partition coefficient (Wildman–Crippen LogP) is 3.95. The Bertz CT molecular complexity index is 690. The van der Waals surface area contributed by atoms with Crippen molar-refractivity contribution < 1.29 is 14.6 Å². The second-order valence-corrected chi connectivity index (χ2v) is 10.0. The van der Waals surface area contributed by atoms with Crippen molar-refractivity contribution in [2.24, 2.45) is 28.6 Å². The molecule has 1 spiro atoms. The van der Waals surface area contributed by atoms with E-state index in [1.165, 1.54) is 0 Å². The fraction of sp³-hybridized carbons (Fsp3) is 0.864. The van der Waals surface area contributed by atoms with Crippen LogP contribution in [0.3, 0.4) is 0 Å². The summed E-state index contributed by atoms with van der Waals surface area (Å²) in [5.74, 6) is 1.38. The summed E-state index contributed by atoms with van der Waals surface area (Å²) < 4.78 is 12.0. The first kappa shape index (κ1) is 17.2. The Hall–Kier alpha value is -0.890. The first-order chi connectivity index (χ1) is 12.4. The van der Waals surface area contributed by atoms with Crippen LogP contribution in [-0.2, 0) is 9.47 Å². The second kappa shape index (κ2) is 5.34. The van der Waals surface area contributed by atoms with Gasteiger partial charge in [0.15, 0.2) is 11.4 Å². The van der Waals surface area contributed by atoms with E-state index in [1.807, 2.05) is 0 Å². The maximum Gasteiger partial charge on any atom is 0.172 e. The van der Waals surface area contributed by atoms with E-state index in [1.54, 1.807) is 5.57 Å². The van der Waals surface area contributed by atoms with E-state index >= 15 is 0 Å². The fourth-order valence-corrected chi connectivity index (χ4v) is 7.55. The Kier molecular flexibility index (Phi) is 3.54. The molecule has 0 aromatic carbocycles. The highest BCUT2D eigenvalue weighted by Crippen LogP contribution is 2.67. The number of hydrogen-bond donors (Lipinski definition) is 1. The predicted molar refractivity (Wildman–Crippen MR) is 96.9 cm³/mol. The summed E-state index contributed by atoms with van der Waals surface area (Å²) in [5.41, 5.74) is 0.412. The number of fused-ring (bicyclic) bond motifs is 5. The normalized spacial score (nSPS) is 51.9. The van der Waals surface area contributed by atoms with Crippen LogP contribution in [0.4, 0.5) is 0 Å². The zero-order valence-electron chi connectivity index (χ0n) is 16.1. The molecule has 3 saturated carbocycles. The van der Waals surface area contributed by atoms with Gasteiger partial charge in [-0.15, -0.1) is 0 Å². The summed E-state index contributed by atoms with van der Waals surface area (Å²) in [6.07, 6.45) is 10.4. The van der Waals surface area contributed by atoms with Crippen molar-refractivity contribution in [1.29, 1.82) is 5.26 Å². The molecule has 1 saturated heterocycles. The van der Waals surface area contributed by atoms with Crippen LogP contribution in [-0.4, -0.2) is 29.7 Å². The molecule has 0 unspecified atom stereocenters. The average Bonchev–Trinajstić information content (AvgIpc) is 3.19. The summed E-state index contributed by atoms with van der Waals surface area (Å²) >= 11 is 0. The topological polar surface area (TPSA) is 62.5 Å². The lowest BCUT2D eigenvalue weighted by Gasteiger charge is -2.59. The van der Waals surface area contributed by atoms with E-state index in [0.29, 0.717) is 24.2 Å². The smallest absolute Gasteiger partial charge is 0.172 e. The van der Waals surface area contributed by atoms with E-state index in [2.05, 4.69) is 26.0 Å². The SMILES string of the molecule is C[C@]12CCC3(CC1=CC[C@H]1[C@H]2CC[C@@]2(C)[C@@H]1CC[C@]2(O)C#N)OCCO3. The standard InChI is InChI=1S/C22H31NO3/c1-19-9-10-22(25-11-12-26-22)13-15(19)3-4-16-17(19)5-7-20(2)18(16)6-8-21(20,24)14-23/h3,16-18,24H,4-13H2,1-2H3/t16-,17+,18+,19-,20-,21-/m0/s1. The minimum absolute atomic E-state index is 0.234. The molecule has 5 aliphatic rings. The molecule has 1 heterocycles. The molecular formula is C22H31NO3. The van der Waals surface area contributed by atoms with Gasteiger partial charge in [-0.2, -0.15) is 5.26 Å². The summed E-state index contributed by atoms with van der Waals surface area (Å²) in [6.45, 7) is 6.10. The number of nitriles is 1. The Morgan fingerprint density at radius 2 is 1.81 bits per heavy atom. The number of allylic oxidation sites excluding steroid dienone is 1. The van der Waals surface area contributed by atoms with Gasteiger partial charge in [0.05, 0.1) is 19.3 Å². The van der Waals surface area contributed by atoms with Gasteiger partial charge in [-0.25, -0.2) is 0 Å². The third-order valence-electron chi connectivity index (χ3n) is 9.26. The summed E-state index contributed by atoms with van der Waals surface area (Å²) in [7, 11) is 0. The summed E-state index contributed by atoms with van der Waals surface area (Å²) in [4.78, 5) is 0. The second-order valence-electron chi connectivity index (χ2n) is 10.0. The van der Waals surface area contributed by atoms with Crippen molar-refractivity contribution in [3.63, 3.8) is 0 Å². The van der Waals surface area contributed by atoms with Crippen LogP contribution in [0, 0.1) is 39.9 Å². The first-order valence-corrected chi connectivity index (χ1v) is 10.5. The number of nitrogens with zero attached hydrogens (tertiary/aromatic N) is 1. The fourth-order valence-electron chi connectivity index (χ4n) is 7.55. The quantitative estimate of drug-likeness (QED) is 0.527. The third kappa shape index (κ3) is 2.00. The van der Waals surface area contributed by atoms with Crippen molar-refractivity contribution in [2.75, 3.05) is 13.2 Å². The molecule has 26 heavy (non-hydrogen) atoms. The maximum absolute atomic E-state index is 11.0. The van der Waals surface area contributed by atoms with Crippen LogP contribution in [0.2, 0.25) is 0 Å². The van der Waals surface area contributed by atoms with Crippen molar-refractivity contribution in [1.82, 2.24) is 0 Å². The lowest BCUT2D eigenvalue weighted by atomic mass is 9.47. The van der Waals surface area contributed by atoms with Gasteiger partial charge in [0.2, 0.25) is 0 Å². The Labute approximate surface area is 156 Å². The van der Waals surface area contributed by atoms with Crippen molar-refractivity contribution >= 4 is 0 Å².